The summed E-state index contributed by atoms with van der Waals surface area (Å²) in [6.45, 7) is 0. The maximum Gasteiger partial charge on any atom is 0.312 e. The Hall–Kier alpha value is -3.42. The number of carboxylic acids is 1. The summed E-state index contributed by atoms with van der Waals surface area (Å²) in [7, 11) is 4.51. The Kier molecular flexibility index (Phi) is 6.26. The summed E-state index contributed by atoms with van der Waals surface area (Å²) >= 11 is 0. The highest BCUT2D eigenvalue weighted by Gasteiger charge is 2.15. The number of ether oxygens (including phenoxy) is 4. The number of carbonyl (C=O) groups is 2. The van der Waals surface area contributed by atoms with Gasteiger partial charge in [-0.15, -0.1) is 0 Å². The molecular weight excluding hydrogens is 342 g/mol. The Morgan fingerprint density at radius 2 is 1.50 bits per heavy atom. The quantitative estimate of drug-likeness (QED) is 0.697. The highest BCUT2D eigenvalue weighted by molar-refractivity contribution is 6.02. The van der Waals surface area contributed by atoms with Crippen LogP contribution in [-0.4, -0.2) is 38.3 Å². The zero-order chi connectivity index (χ0) is 19.1. The van der Waals surface area contributed by atoms with E-state index >= 15 is 0 Å². The third kappa shape index (κ3) is 4.79. The van der Waals surface area contributed by atoms with Crippen LogP contribution in [0.4, 0.5) is 5.69 Å². The molecule has 2 rings (SSSR count). The summed E-state index contributed by atoms with van der Waals surface area (Å²) in [6, 6.07) is 9.76. The zero-order valence-corrected chi connectivity index (χ0v) is 14.6. The highest BCUT2D eigenvalue weighted by atomic mass is 16.5. The molecule has 0 aliphatic rings. The number of hydrogen-bond acceptors (Lipinski definition) is 6. The van der Waals surface area contributed by atoms with E-state index in [0.717, 1.165) is 0 Å². The molecule has 0 unspecified atom stereocenters. The lowest BCUT2D eigenvalue weighted by atomic mass is 10.2. The summed E-state index contributed by atoms with van der Waals surface area (Å²) in [4.78, 5) is 22.5. The molecule has 2 aromatic carbocycles. The number of hydrogen-bond donors (Lipinski definition) is 2. The fourth-order valence-corrected chi connectivity index (χ4v) is 2.13. The van der Waals surface area contributed by atoms with Crippen molar-refractivity contribution in [1.29, 1.82) is 0 Å². The Labute approximate surface area is 150 Å². The van der Waals surface area contributed by atoms with Crippen LogP contribution in [0.3, 0.4) is 0 Å². The van der Waals surface area contributed by atoms with Gasteiger partial charge >= 0.3 is 5.97 Å². The predicted molar refractivity (Wildman–Crippen MR) is 93.5 cm³/mol. The van der Waals surface area contributed by atoms with Crippen LogP contribution in [0.1, 0.15) is 6.42 Å². The molecule has 2 aromatic rings. The lowest BCUT2D eigenvalue weighted by molar-refractivity contribution is -0.139. The highest BCUT2D eigenvalue weighted by Crippen LogP contribution is 2.39. The topological polar surface area (TPSA) is 103 Å². The monoisotopic (exact) mass is 361 g/mol. The fraction of sp³-hybridized carbons (Fsp3) is 0.222. The maximum atomic E-state index is 11.8. The van der Waals surface area contributed by atoms with Gasteiger partial charge < -0.3 is 29.4 Å². The second kappa shape index (κ2) is 8.61. The summed E-state index contributed by atoms with van der Waals surface area (Å²) < 4.78 is 21.5. The molecule has 26 heavy (non-hydrogen) atoms. The molecule has 0 aliphatic heterocycles. The second-order valence-corrected chi connectivity index (χ2v) is 5.10. The number of aliphatic carboxylic acids is 1. The third-order valence-electron chi connectivity index (χ3n) is 3.37. The van der Waals surface area contributed by atoms with Crippen LogP contribution < -0.4 is 24.3 Å². The summed E-state index contributed by atoms with van der Waals surface area (Å²) in [6.07, 6.45) is -0.659. The van der Waals surface area contributed by atoms with E-state index in [-0.39, 0.29) is 5.75 Å². The van der Waals surface area contributed by atoms with Crippen LogP contribution in [0.15, 0.2) is 36.4 Å². The van der Waals surface area contributed by atoms with Gasteiger partial charge in [0.05, 0.1) is 27.0 Å². The largest absolute Gasteiger partial charge is 0.497 e. The Morgan fingerprint density at radius 3 is 2.08 bits per heavy atom. The van der Waals surface area contributed by atoms with Crippen molar-refractivity contribution in [2.75, 3.05) is 26.6 Å². The third-order valence-corrected chi connectivity index (χ3v) is 3.37. The Balaban J connectivity index is 2.37. The Bertz CT molecular complexity index is 804. The average Bonchev–Trinajstić information content (AvgIpc) is 2.62. The number of carboxylic acid groups (broad SMARTS) is 1. The van der Waals surface area contributed by atoms with Gasteiger partial charge in [0, 0.05) is 12.1 Å². The molecular formula is C18H19NO7. The normalized spacial score (nSPS) is 9.96. The standard InChI is InChI=1S/C18H19NO7/c1-23-11-4-6-13(19-17(20)10-18(21)22)15(8-11)26-16-9-12(24-2)5-7-14(16)25-3/h4-9H,10H2,1-3H3,(H,19,20)(H,21,22). The second-order valence-electron chi connectivity index (χ2n) is 5.10. The molecule has 0 heterocycles. The van der Waals surface area contributed by atoms with E-state index in [9.17, 15) is 9.59 Å². The molecule has 0 saturated carbocycles. The van der Waals surface area contributed by atoms with E-state index in [2.05, 4.69) is 5.32 Å². The minimum atomic E-state index is -1.23. The molecule has 2 N–H and O–H groups in total. The molecule has 0 fully saturated rings. The Morgan fingerprint density at radius 1 is 0.885 bits per heavy atom. The number of anilines is 1. The van der Waals surface area contributed by atoms with E-state index in [1.165, 1.54) is 21.3 Å². The van der Waals surface area contributed by atoms with Gasteiger partial charge in [0.25, 0.3) is 0 Å². The van der Waals surface area contributed by atoms with Crippen molar-refractivity contribution in [1.82, 2.24) is 0 Å². The molecule has 0 saturated heterocycles. The molecule has 0 spiro atoms. The molecule has 1 amide bonds. The first kappa shape index (κ1) is 18.9. The molecule has 0 aromatic heterocycles. The molecule has 0 radical (unpaired) electrons. The van der Waals surface area contributed by atoms with Crippen molar-refractivity contribution in [2.45, 2.75) is 6.42 Å². The van der Waals surface area contributed by atoms with Gasteiger partial charge in [-0.3, -0.25) is 9.59 Å². The fourth-order valence-electron chi connectivity index (χ4n) is 2.13. The first-order chi connectivity index (χ1) is 12.5. The number of amides is 1. The van der Waals surface area contributed by atoms with Crippen molar-refractivity contribution in [3.8, 4) is 28.7 Å². The number of carbonyl (C=O) groups excluding carboxylic acids is 1. The van der Waals surface area contributed by atoms with Gasteiger partial charge in [-0.05, 0) is 24.3 Å². The van der Waals surface area contributed by atoms with E-state index in [0.29, 0.717) is 28.7 Å². The van der Waals surface area contributed by atoms with E-state index in [1.807, 2.05) is 0 Å². The van der Waals surface area contributed by atoms with E-state index < -0.39 is 18.3 Å². The minimum Gasteiger partial charge on any atom is -0.497 e. The minimum absolute atomic E-state index is 0.259. The van der Waals surface area contributed by atoms with Crippen LogP contribution in [0.5, 0.6) is 28.7 Å². The number of methoxy groups -OCH3 is 3. The molecule has 0 bridgehead atoms. The molecule has 0 atom stereocenters. The predicted octanol–water partition coefficient (Wildman–Crippen LogP) is 2.92. The van der Waals surface area contributed by atoms with Crippen molar-refractivity contribution >= 4 is 17.6 Å². The maximum absolute atomic E-state index is 11.8. The van der Waals surface area contributed by atoms with Crippen molar-refractivity contribution in [2.24, 2.45) is 0 Å². The van der Waals surface area contributed by atoms with E-state index in [1.54, 1.807) is 36.4 Å². The van der Waals surface area contributed by atoms with Crippen LogP contribution in [-0.2, 0) is 9.59 Å². The number of rotatable bonds is 8. The lowest BCUT2D eigenvalue weighted by Crippen LogP contribution is -2.16. The number of benzene rings is 2. The van der Waals surface area contributed by atoms with Crippen molar-refractivity contribution < 1.29 is 33.6 Å². The summed E-state index contributed by atoms with van der Waals surface area (Å²) in [5.74, 6) is 0.219. The zero-order valence-electron chi connectivity index (χ0n) is 14.6. The number of nitrogens with one attached hydrogen (secondary N) is 1. The van der Waals surface area contributed by atoms with E-state index in [4.69, 9.17) is 24.1 Å². The van der Waals surface area contributed by atoms with Gasteiger partial charge in [-0.2, -0.15) is 0 Å². The van der Waals surface area contributed by atoms with Crippen LogP contribution in [0.25, 0.3) is 0 Å². The molecule has 8 nitrogen and oxygen atoms in total. The van der Waals surface area contributed by atoms with Gasteiger partial charge in [0.1, 0.15) is 17.9 Å². The average molecular weight is 361 g/mol. The smallest absolute Gasteiger partial charge is 0.312 e. The summed E-state index contributed by atoms with van der Waals surface area (Å²) in [5, 5.41) is 11.2. The molecule has 0 aliphatic carbocycles. The first-order valence-corrected chi connectivity index (χ1v) is 7.56. The van der Waals surface area contributed by atoms with Crippen molar-refractivity contribution in [3.05, 3.63) is 36.4 Å². The molecule has 138 valence electrons. The van der Waals surface area contributed by atoms with Gasteiger partial charge in [0.2, 0.25) is 5.91 Å². The van der Waals surface area contributed by atoms with Crippen LogP contribution in [0, 0.1) is 0 Å². The molecule has 8 heteroatoms. The van der Waals surface area contributed by atoms with Gasteiger partial charge in [-0.25, -0.2) is 0 Å². The first-order valence-electron chi connectivity index (χ1n) is 7.56. The summed E-state index contributed by atoms with van der Waals surface area (Å²) in [5.41, 5.74) is 0.293. The van der Waals surface area contributed by atoms with Gasteiger partial charge in [-0.1, -0.05) is 0 Å². The SMILES string of the molecule is COc1ccc(NC(=O)CC(=O)O)c(Oc2cc(OC)ccc2OC)c1. The van der Waals surface area contributed by atoms with Crippen molar-refractivity contribution in [3.63, 3.8) is 0 Å². The lowest BCUT2D eigenvalue weighted by Gasteiger charge is -2.16. The van der Waals surface area contributed by atoms with Gasteiger partial charge in [0.15, 0.2) is 17.2 Å². The van der Waals surface area contributed by atoms with Crippen LogP contribution >= 0.6 is 0 Å². The van der Waals surface area contributed by atoms with Crippen LogP contribution in [0.2, 0.25) is 0 Å².